The summed E-state index contributed by atoms with van der Waals surface area (Å²) in [6.07, 6.45) is 4.56. The van der Waals surface area contributed by atoms with Gasteiger partial charge in [0.25, 0.3) is 0 Å². The van der Waals surface area contributed by atoms with E-state index in [-0.39, 0.29) is 11.7 Å². The molecular weight excluding hydrogens is 474 g/mol. The Morgan fingerprint density at radius 1 is 0.941 bits per heavy atom. The molecule has 8 nitrogen and oxygen atoms in total. The molecule has 34 heavy (non-hydrogen) atoms. The van der Waals surface area contributed by atoms with E-state index in [1.165, 1.54) is 24.8 Å². The molecule has 0 unspecified atom stereocenters. The number of nitrogens with one attached hydrogen (secondary N) is 2. The van der Waals surface area contributed by atoms with Crippen molar-refractivity contribution >= 4 is 33.5 Å². The first kappa shape index (κ1) is 24.5. The minimum absolute atomic E-state index is 0.210. The Bertz CT molecular complexity index is 1130. The third-order valence-electron chi connectivity index (χ3n) is 5.65. The van der Waals surface area contributed by atoms with Crippen molar-refractivity contribution in [3.05, 3.63) is 64.7 Å². The van der Waals surface area contributed by atoms with Gasteiger partial charge in [0.05, 0.1) is 6.61 Å². The summed E-state index contributed by atoms with van der Waals surface area (Å²) in [4.78, 5) is 2.49. The van der Waals surface area contributed by atoms with E-state index >= 15 is 0 Å². The average molecular weight is 504 g/mol. The predicted octanol–water partition coefficient (Wildman–Crippen LogP) is 3.53. The van der Waals surface area contributed by atoms with Gasteiger partial charge in [0.2, 0.25) is 0 Å². The molecular formula is C24H30ClN5O3S. The zero-order chi connectivity index (χ0) is 23.8. The maximum Gasteiger partial charge on any atom is 0.367 e. The minimum atomic E-state index is -3.86. The van der Waals surface area contributed by atoms with Gasteiger partial charge in [-0.1, -0.05) is 42.3 Å². The molecule has 0 spiro atoms. The van der Waals surface area contributed by atoms with E-state index in [0.717, 1.165) is 30.9 Å². The van der Waals surface area contributed by atoms with Crippen LogP contribution in [0, 0.1) is 0 Å². The molecule has 0 amide bonds. The van der Waals surface area contributed by atoms with Crippen LogP contribution >= 0.6 is 11.6 Å². The Hall–Kier alpha value is -2.62. The monoisotopic (exact) mass is 503 g/mol. The second kappa shape index (κ2) is 11.7. The number of halogens is 1. The third-order valence-corrected chi connectivity index (χ3v) is 6.72. The average Bonchev–Trinajstić information content (AvgIpc) is 3.12. The Morgan fingerprint density at radius 3 is 2.44 bits per heavy atom. The maximum atomic E-state index is 11.9. The lowest BCUT2D eigenvalue weighted by atomic mass is 10.1. The topological polar surface area (TPSA) is 95.4 Å². The molecule has 0 atom stereocenters. The molecule has 0 bridgehead atoms. The number of nitrogens with zero attached hydrogens (tertiary/aromatic N) is 3. The Kier molecular flexibility index (Phi) is 8.42. The third kappa shape index (κ3) is 7.44. The molecule has 1 fully saturated rings. The Morgan fingerprint density at radius 2 is 1.68 bits per heavy atom. The summed E-state index contributed by atoms with van der Waals surface area (Å²) in [5, 5.41) is 6.73. The molecule has 10 heteroatoms. The van der Waals surface area contributed by atoms with Gasteiger partial charge in [-0.25, -0.2) is 0 Å². The van der Waals surface area contributed by atoms with E-state index in [1.54, 1.807) is 12.1 Å². The summed E-state index contributed by atoms with van der Waals surface area (Å²) in [7, 11) is -3.86. The highest BCUT2D eigenvalue weighted by molar-refractivity contribution is 7.89. The fourth-order valence-corrected chi connectivity index (χ4v) is 4.87. The molecule has 2 heterocycles. The first-order chi connectivity index (χ1) is 16.5. The second-order valence-corrected chi connectivity index (χ2v) is 10.1. The standard InChI is InChI=1S/C24H30ClN5O3S/c25-21-10-8-19(9-11-21)17-27-24-23(28-34(31,32)29-24)26-12-5-15-33-22-7-4-6-20(16-22)18-30-13-2-1-3-14-30/h4,6-11,16H,1-3,5,12-15,17-18H2,(H,26,28)(H,27,29). The van der Waals surface area contributed by atoms with Gasteiger partial charge in [0.1, 0.15) is 5.75 Å². The number of likely N-dealkylation sites (tertiary alicyclic amines) is 1. The predicted molar refractivity (Wildman–Crippen MR) is 136 cm³/mol. The number of hydrogen-bond acceptors (Lipinski definition) is 6. The van der Waals surface area contributed by atoms with Crippen molar-refractivity contribution < 1.29 is 13.2 Å². The molecule has 4 rings (SSSR count). The van der Waals surface area contributed by atoms with E-state index in [2.05, 4.69) is 36.5 Å². The van der Waals surface area contributed by atoms with E-state index < -0.39 is 10.2 Å². The van der Waals surface area contributed by atoms with Crippen LogP contribution < -0.4 is 15.4 Å². The van der Waals surface area contributed by atoms with Crippen molar-refractivity contribution in [3.63, 3.8) is 0 Å². The molecule has 2 aromatic carbocycles. The maximum absolute atomic E-state index is 11.9. The first-order valence-corrected chi connectivity index (χ1v) is 13.4. The molecule has 2 aromatic rings. The van der Waals surface area contributed by atoms with Gasteiger partial charge in [-0.05, 0) is 67.7 Å². The number of amidine groups is 2. The lowest BCUT2D eigenvalue weighted by molar-refractivity contribution is 0.220. The van der Waals surface area contributed by atoms with Crippen molar-refractivity contribution in [3.8, 4) is 5.75 Å². The molecule has 0 aromatic heterocycles. The summed E-state index contributed by atoms with van der Waals surface area (Å²) in [6.45, 7) is 4.70. The number of hydrogen-bond donors (Lipinski definition) is 2. The smallest absolute Gasteiger partial charge is 0.367 e. The minimum Gasteiger partial charge on any atom is -0.494 e. The summed E-state index contributed by atoms with van der Waals surface area (Å²) in [6, 6.07) is 15.5. The van der Waals surface area contributed by atoms with Gasteiger partial charge in [-0.2, -0.15) is 8.42 Å². The zero-order valence-electron chi connectivity index (χ0n) is 19.0. The van der Waals surface area contributed by atoms with Gasteiger partial charge in [-0.15, -0.1) is 8.80 Å². The van der Waals surface area contributed by atoms with E-state index in [1.807, 2.05) is 24.3 Å². The van der Waals surface area contributed by atoms with Crippen LogP contribution in [0.4, 0.5) is 0 Å². The highest BCUT2D eigenvalue weighted by Crippen LogP contribution is 2.18. The van der Waals surface area contributed by atoms with Crippen LogP contribution in [0.3, 0.4) is 0 Å². The number of benzene rings is 2. The quantitative estimate of drug-likeness (QED) is 0.508. The summed E-state index contributed by atoms with van der Waals surface area (Å²) < 4.78 is 37.0. The zero-order valence-corrected chi connectivity index (χ0v) is 20.6. The Labute approximate surface area is 206 Å². The van der Waals surface area contributed by atoms with Gasteiger partial charge >= 0.3 is 10.2 Å². The van der Waals surface area contributed by atoms with Gasteiger partial charge < -0.3 is 15.4 Å². The van der Waals surface area contributed by atoms with Crippen molar-refractivity contribution in [2.24, 2.45) is 8.80 Å². The first-order valence-electron chi connectivity index (χ1n) is 11.6. The van der Waals surface area contributed by atoms with Crippen LogP contribution in [0.1, 0.15) is 36.8 Å². The molecule has 0 radical (unpaired) electrons. The fraction of sp³-hybridized carbons (Fsp3) is 0.417. The van der Waals surface area contributed by atoms with Crippen molar-refractivity contribution in [2.75, 3.05) is 26.2 Å². The van der Waals surface area contributed by atoms with E-state index in [0.29, 0.717) is 31.1 Å². The number of ether oxygens (including phenoxy) is 1. The van der Waals surface area contributed by atoms with Crippen LogP contribution in [-0.2, 0) is 23.3 Å². The molecule has 2 aliphatic rings. The molecule has 182 valence electrons. The largest absolute Gasteiger partial charge is 0.494 e. The van der Waals surface area contributed by atoms with Crippen molar-refractivity contribution in [2.45, 2.75) is 38.8 Å². The molecule has 2 N–H and O–H groups in total. The number of rotatable bonds is 9. The number of piperidine rings is 1. The highest BCUT2D eigenvalue weighted by Gasteiger charge is 2.23. The van der Waals surface area contributed by atoms with Crippen LogP contribution in [0.2, 0.25) is 5.02 Å². The SMILES string of the molecule is O=S1(=O)N=C(NCCCOc2cccc(CN3CCCCC3)c2)C(NCc2ccc(Cl)cc2)=N1. The summed E-state index contributed by atoms with van der Waals surface area (Å²) >= 11 is 5.90. The summed E-state index contributed by atoms with van der Waals surface area (Å²) in [5.74, 6) is 1.28. The molecule has 1 saturated heterocycles. The fourth-order valence-electron chi connectivity index (χ4n) is 3.94. The van der Waals surface area contributed by atoms with Crippen LogP contribution in [-0.4, -0.2) is 51.2 Å². The van der Waals surface area contributed by atoms with Crippen LogP contribution in [0.25, 0.3) is 0 Å². The summed E-state index contributed by atoms with van der Waals surface area (Å²) in [5.41, 5.74) is 2.21. The van der Waals surface area contributed by atoms with Gasteiger partial charge in [-0.3, -0.25) is 4.90 Å². The normalized spacial score (nSPS) is 17.7. The lowest BCUT2D eigenvalue weighted by Crippen LogP contribution is -2.38. The lowest BCUT2D eigenvalue weighted by Gasteiger charge is -2.26. The van der Waals surface area contributed by atoms with Crippen molar-refractivity contribution in [1.82, 2.24) is 15.5 Å². The van der Waals surface area contributed by atoms with Crippen LogP contribution in [0.15, 0.2) is 57.3 Å². The molecule has 0 aliphatic carbocycles. The van der Waals surface area contributed by atoms with Gasteiger partial charge in [0, 0.05) is 24.7 Å². The van der Waals surface area contributed by atoms with Crippen molar-refractivity contribution in [1.29, 1.82) is 0 Å². The highest BCUT2D eigenvalue weighted by atomic mass is 35.5. The second-order valence-electron chi connectivity index (χ2n) is 8.42. The van der Waals surface area contributed by atoms with Gasteiger partial charge in [0.15, 0.2) is 11.7 Å². The molecule has 2 aliphatic heterocycles. The van der Waals surface area contributed by atoms with Crippen LogP contribution in [0.5, 0.6) is 5.75 Å². The Balaban J connectivity index is 1.21. The van der Waals surface area contributed by atoms with E-state index in [4.69, 9.17) is 16.3 Å². The van der Waals surface area contributed by atoms with E-state index in [9.17, 15) is 8.42 Å². The molecule has 0 saturated carbocycles.